The Morgan fingerprint density at radius 3 is 2.12 bits per heavy atom. The van der Waals surface area contributed by atoms with Crippen molar-refractivity contribution in [1.29, 1.82) is 0 Å². The zero-order valence-electron chi connectivity index (χ0n) is 19.2. The number of benzene rings is 1. The molecule has 0 bridgehead atoms. The average molecular weight is 465 g/mol. The van der Waals surface area contributed by atoms with E-state index in [-0.39, 0.29) is 0 Å². The molecule has 3 aromatic rings. The van der Waals surface area contributed by atoms with Gasteiger partial charge < -0.3 is 0 Å². The van der Waals surface area contributed by atoms with Crippen molar-refractivity contribution in [1.82, 2.24) is 30.0 Å². The van der Waals surface area contributed by atoms with Crippen LogP contribution in [-0.4, -0.2) is 39.9 Å². The van der Waals surface area contributed by atoms with Gasteiger partial charge in [0.05, 0.1) is 51.2 Å². The second-order valence-electron chi connectivity index (χ2n) is 9.07. The quantitative estimate of drug-likeness (QED) is 0.557. The first kappa shape index (κ1) is 22.2. The number of hydrogen-bond donors (Lipinski definition) is 0. The molecule has 7 nitrogen and oxygen atoms in total. The Kier molecular flexibility index (Phi) is 7.09. The number of aromatic nitrogens is 6. The highest BCUT2D eigenvalue weighted by Gasteiger charge is 2.21. The second kappa shape index (κ2) is 10.5. The standard InChI is InChI=1S/C25H32N6OS/c32-33(21-12-6-5-7-13-21)19-20(31-25-17-11-4-2-9-15-23(25)27-29-31)18-30-24-16-10-3-1-8-14-22(24)26-28-30/h5-7,12-13,18H,1-4,8-11,14-17,19H2/b20-18+. The number of rotatable bonds is 5. The first-order chi connectivity index (χ1) is 16.3. The Labute approximate surface area is 197 Å². The maximum atomic E-state index is 13.3. The molecule has 2 aliphatic carbocycles. The van der Waals surface area contributed by atoms with Crippen LogP contribution in [0.1, 0.15) is 74.1 Å². The van der Waals surface area contributed by atoms with Crippen LogP contribution in [-0.2, 0) is 36.5 Å². The van der Waals surface area contributed by atoms with Crippen LogP contribution < -0.4 is 0 Å². The Hall–Kier alpha value is -2.61. The highest BCUT2D eigenvalue weighted by Crippen LogP contribution is 2.24. The van der Waals surface area contributed by atoms with Crippen LogP contribution in [0.25, 0.3) is 11.9 Å². The number of aryl methyl sites for hydroxylation is 2. The lowest BCUT2D eigenvalue weighted by molar-refractivity contribution is 0.601. The molecule has 0 saturated heterocycles. The molecule has 0 saturated carbocycles. The largest absolute Gasteiger partial charge is 0.254 e. The minimum absolute atomic E-state index is 0.356. The predicted octanol–water partition coefficient (Wildman–Crippen LogP) is 4.45. The zero-order chi connectivity index (χ0) is 22.5. The molecule has 0 amide bonds. The second-order valence-corrected chi connectivity index (χ2v) is 10.5. The fourth-order valence-corrected chi connectivity index (χ4v) is 5.96. The molecule has 0 N–H and O–H groups in total. The Morgan fingerprint density at radius 1 is 0.788 bits per heavy atom. The normalized spacial score (nSPS) is 18.4. The third kappa shape index (κ3) is 5.16. The Bertz CT molecular complexity index is 1130. The van der Waals surface area contributed by atoms with E-state index in [9.17, 15) is 4.21 Å². The van der Waals surface area contributed by atoms with E-state index in [2.05, 4.69) is 20.6 Å². The summed E-state index contributed by atoms with van der Waals surface area (Å²) in [5.74, 6) is 0.356. The molecule has 2 aromatic heterocycles. The van der Waals surface area contributed by atoms with Gasteiger partial charge in [-0.15, -0.1) is 10.2 Å². The van der Waals surface area contributed by atoms with Gasteiger partial charge >= 0.3 is 0 Å². The van der Waals surface area contributed by atoms with Gasteiger partial charge in [0.15, 0.2) is 0 Å². The molecule has 174 valence electrons. The van der Waals surface area contributed by atoms with Gasteiger partial charge in [-0.3, -0.25) is 4.21 Å². The van der Waals surface area contributed by atoms with E-state index < -0.39 is 10.8 Å². The van der Waals surface area contributed by atoms with Crippen molar-refractivity contribution >= 4 is 22.7 Å². The van der Waals surface area contributed by atoms with Crippen molar-refractivity contribution in [2.45, 2.75) is 81.9 Å². The molecule has 2 aliphatic rings. The van der Waals surface area contributed by atoms with Crippen LogP contribution in [0.3, 0.4) is 0 Å². The molecule has 1 atom stereocenters. The van der Waals surface area contributed by atoms with E-state index in [1.54, 1.807) is 0 Å². The SMILES string of the molecule is O=S(C/C(=C\n1nnc2c1CCCCCC2)n1nnc2c1CCCCCC2)c1ccccc1. The summed E-state index contributed by atoms with van der Waals surface area (Å²) in [4.78, 5) is 0.820. The third-order valence-corrected chi connectivity index (χ3v) is 8.05. The summed E-state index contributed by atoms with van der Waals surface area (Å²) in [7, 11) is -1.19. The lowest BCUT2D eigenvalue weighted by atomic mass is 10.0. The van der Waals surface area contributed by atoms with Gasteiger partial charge in [0, 0.05) is 4.90 Å². The molecule has 0 aliphatic heterocycles. The van der Waals surface area contributed by atoms with Gasteiger partial charge in [-0.05, 0) is 63.5 Å². The van der Waals surface area contributed by atoms with Crippen molar-refractivity contribution < 1.29 is 4.21 Å². The van der Waals surface area contributed by atoms with E-state index in [0.29, 0.717) is 5.75 Å². The average Bonchev–Trinajstić information content (AvgIpc) is 3.36. The smallest absolute Gasteiger partial charge is 0.0863 e. The van der Waals surface area contributed by atoms with Gasteiger partial charge in [-0.1, -0.05) is 54.3 Å². The molecule has 5 rings (SSSR count). The van der Waals surface area contributed by atoms with Crippen LogP contribution in [0.15, 0.2) is 35.2 Å². The number of nitrogens with zero attached hydrogens (tertiary/aromatic N) is 6. The van der Waals surface area contributed by atoms with E-state index >= 15 is 0 Å². The molecular weight excluding hydrogens is 432 g/mol. The molecule has 1 unspecified atom stereocenters. The topological polar surface area (TPSA) is 78.5 Å². The summed E-state index contributed by atoms with van der Waals surface area (Å²) in [6, 6.07) is 9.66. The first-order valence-electron chi connectivity index (χ1n) is 12.3. The van der Waals surface area contributed by atoms with Crippen molar-refractivity contribution in [3.05, 3.63) is 53.1 Å². The Morgan fingerprint density at radius 2 is 1.39 bits per heavy atom. The maximum Gasteiger partial charge on any atom is 0.0863 e. The summed E-state index contributed by atoms with van der Waals surface area (Å²) < 4.78 is 17.2. The summed E-state index contributed by atoms with van der Waals surface area (Å²) in [6.07, 6.45) is 15.5. The van der Waals surface area contributed by atoms with Gasteiger partial charge in [0.25, 0.3) is 0 Å². The molecule has 0 radical (unpaired) electrons. The summed E-state index contributed by atoms with van der Waals surface area (Å²) in [5.41, 5.74) is 5.39. The molecule has 33 heavy (non-hydrogen) atoms. The van der Waals surface area contributed by atoms with Crippen molar-refractivity contribution in [3.63, 3.8) is 0 Å². The van der Waals surface area contributed by atoms with Crippen LogP contribution >= 0.6 is 0 Å². The van der Waals surface area contributed by atoms with Crippen molar-refractivity contribution in [2.75, 3.05) is 5.75 Å². The minimum atomic E-state index is -1.19. The van der Waals surface area contributed by atoms with Crippen molar-refractivity contribution in [2.24, 2.45) is 0 Å². The highest BCUT2D eigenvalue weighted by molar-refractivity contribution is 7.85. The third-order valence-electron chi connectivity index (χ3n) is 6.70. The van der Waals surface area contributed by atoms with Crippen LogP contribution in [0.4, 0.5) is 0 Å². The van der Waals surface area contributed by atoms with Crippen molar-refractivity contribution in [3.8, 4) is 0 Å². The molecule has 2 heterocycles. The summed E-state index contributed by atoms with van der Waals surface area (Å²) in [6.45, 7) is 0. The van der Waals surface area contributed by atoms with E-state index in [4.69, 9.17) is 0 Å². The summed E-state index contributed by atoms with van der Waals surface area (Å²) in [5, 5.41) is 18.1. The van der Waals surface area contributed by atoms with Gasteiger partial charge in [0.1, 0.15) is 0 Å². The van der Waals surface area contributed by atoms with Crippen LogP contribution in [0, 0.1) is 0 Å². The van der Waals surface area contributed by atoms with Crippen LogP contribution in [0.5, 0.6) is 0 Å². The molecule has 1 aromatic carbocycles. The zero-order valence-corrected chi connectivity index (χ0v) is 20.0. The summed E-state index contributed by atoms with van der Waals surface area (Å²) >= 11 is 0. The number of hydrogen-bond acceptors (Lipinski definition) is 5. The fraction of sp³-hybridized carbons (Fsp3) is 0.520. The minimum Gasteiger partial charge on any atom is -0.254 e. The lowest BCUT2D eigenvalue weighted by Gasteiger charge is -2.15. The van der Waals surface area contributed by atoms with E-state index in [1.807, 2.05) is 45.9 Å². The van der Waals surface area contributed by atoms with Gasteiger partial charge in [0.2, 0.25) is 0 Å². The molecular formula is C25H32N6OS. The van der Waals surface area contributed by atoms with Crippen LogP contribution in [0.2, 0.25) is 0 Å². The predicted molar refractivity (Wildman–Crippen MR) is 130 cm³/mol. The lowest BCUT2D eigenvalue weighted by Crippen LogP contribution is -2.14. The van der Waals surface area contributed by atoms with E-state index in [1.165, 1.54) is 31.4 Å². The van der Waals surface area contributed by atoms with Gasteiger partial charge in [-0.2, -0.15) is 0 Å². The molecule has 8 heteroatoms. The maximum absolute atomic E-state index is 13.3. The first-order valence-corrected chi connectivity index (χ1v) is 13.6. The monoisotopic (exact) mass is 464 g/mol. The molecule has 0 spiro atoms. The number of fused-ring (bicyclic) bond motifs is 2. The Balaban J connectivity index is 1.54. The molecule has 0 fully saturated rings. The van der Waals surface area contributed by atoms with Gasteiger partial charge in [-0.25, -0.2) is 9.36 Å². The van der Waals surface area contributed by atoms with E-state index in [0.717, 1.165) is 79.0 Å². The fourth-order valence-electron chi connectivity index (χ4n) is 4.87. The highest BCUT2D eigenvalue weighted by atomic mass is 32.2.